The zero-order valence-corrected chi connectivity index (χ0v) is 9.71. The summed E-state index contributed by atoms with van der Waals surface area (Å²) < 4.78 is 18.5. The van der Waals surface area contributed by atoms with Crippen molar-refractivity contribution in [2.45, 2.75) is 20.8 Å². The standard InChI is InChI=1S/C12H16FNO2/c1-4-16-11-6-5-9(7-10(11)13)14-12(15)8(2)3/h5-8H,4H2,1-3H3,(H,14,15). The first kappa shape index (κ1) is 12.5. The number of rotatable bonds is 4. The molecule has 16 heavy (non-hydrogen) atoms. The van der Waals surface area contributed by atoms with Crippen LogP contribution < -0.4 is 10.1 Å². The Morgan fingerprint density at radius 3 is 2.69 bits per heavy atom. The molecule has 0 saturated carbocycles. The van der Waals surface area contributed by atoms with Crippen LogP contribution in [0, 0.1) is 11.7 Å². The Bertz CT molecular complexity index is 377. The molecule has 0 radical (unpaired) electrons. The lowest BCUT2D eigenvalue weighted by atomic mass is 10.2. The molecule has 0 spiro atoms. The van der Waals surface area contributed by atoms with Gasteiger partial charge < -0.3 is 10.1 Å². The summed E-state index contributed by atoms with van der Waals surface area (Å²) in [4.78, 5) is 11.4. The van der Waals surface area contributed by atoms with E-state index in [2.05, 4.69) is 5.32 Å². The summed E-state index contributed by atoms with van der Waals surface area (Å²) in [6.07, 6.45) is 0. The average Bonchev–Trinajstić information content (AvgIpc) is 2.22. The minimum absolute atomic E-state index is 0.130. The number of ether oxygens (including phenoxy) is 1. The van der Waals surface area contributed by atoms with Crippen LogP contribution in [0.15, 0.2) is 18.2 Å². The van der Waals surface area contributed by atoms with E-state index in [-0.39, 0.29) is 17.6 Å². The highest BCUT2D eigenvalue weighted by atomic mass is 19.1. The van der Waals surface area contributed by atoms with Crippen molar-refractivity contribution in [3.05, 3.63) is 24.0 Å². The molecule has 1 aromatic carbocycles. The predicted molar refractivity (Wildman–Crippen MR) is 61.0 cm³/mol. The van der Waals surface area contributed by atoms with Gasteiger partial charge in [-0.05, 0) is 19.1 Å². The summed E-state index contributed by atoms with van der Waals surface area (Å²) in [7, 11) is 0. The summed E-state index contributed by atoms with van der Waals surface area (Å²) in [5.74, 6) is -0.536. The molecular formula is C12H16FNO2. The third kappa shape index (κ3) is 3.22. The van der Waals surface area contributed by atoms with Crippen molar-refractivity contribution in [3.8, 4) is 5.75 Å². The molecule has 0 aliphatic heterocycles. The number of nitrogens with one attached hydrogen (secondary N) is 1. The molecule has 1 rings (SSSR count). The number of halogens is 1. The molecule has 0 aromatic heterocycles. The number of anilines is 1. The third-order valence-corrected chi connectivity index (χ3v) is 2.02. The molecule has 0 aliphatic carbocycles. The normalized spacial score (nSPS) is 10.3. The van der Waals surface area contributed by atoms with Crippen LogP contribution in [-0.4, -0.2) is 12.5 Å². The van der Waals surface area contributed by atoms with Crippen molar-refractivity contribution in [3.63, 3.8) is 0 Å². The van der Waals surface area contributed by atoms with Gasteiger partial charge in [0.05, 0.1) is 6.61 Å². The van der Waals surface area contributed by atoms with Gasteiger partial charge in [-0.15, -0.1) is 0 Å². The monoisotopic (exact) mass is 225 g/mol. The molecule has 1 aromatic rings. The molecule has 0 aliphatic rings. The lowest BCUT2D eigenvalue weighted by Crippen LogP contribution is -2.17. The molecule has 0 fully saturated rings. The molecule has 0 unspecified atom stereocenters. The first-order valence-corrected chi connectivity index (χ1v) is 5.27. The van der Waals surface area contributed by atoms with E-state index in [1.807, 2.05) is 0 Å². The SMILES string of the molecule is CCOc1ccc(NC(=O)C(C)C)cc1F. The minimum Gasteiger partial charge on any atom is -0.491 e. The lowest BCUT2D eigenvalue weighted by Gasteiger charge is -2.09. The van der Waals surface area contributed by atoms with Crippen molar-refractivity contribution in [1.82, 2.24) is 0 Å². The molecule has 1 amide bonds. The molecule has 88 valence electrons. The summed E-state index contributed by atoms with van der Waals surface area (Å²) in [6.45, 7) is 5.75. The van der Waals surface area contributed by atoms with Crippen molar-refractivity contribution in [2.75, 3.05) is 11.9 Å². The summed E-state index contributed by atoms with van der Waals surface area (Å²) in [5, 5.41) is 2.62. The largest absolute Gasteiger partial charge is 0.491 e. The van der Waals surface area contributed by atoms with Crippen LogP contribution in [0.25, 0.3) is 0 Å². The van der Waals surface area contributed by atoms with Crippen LogP contribution in [0.1, 0.15) is 20.8 Å². The Labute approximate surface area is 94.6 Å². The van der Waals surface area contributed by atoms with Gasteiger partial charge in [0, 0.05) is 17.7 Å². The van der Waals surface area contributed by atoms with Crippen molar-refractivity contribution in [2.24, 2.45) is 5.92 Å². The maximum absolute atomic E-state index is 13.4. The number of benzene rings is 1. The second-order valence-corrected chi connectivity index (χ2v) is 3.72. The highest BCUT2D eigenvalue weighted by Crippen LogP contribution is 2.21. The third-order valence-electron chi connectivity index (χ3n) is 2.02. The fraction of sp³-hybridized carbons (Fsp3) is 0.417. The number of hydrogen-bond acceptors (Lipinski definition) is 2. The highest BCUT2D eigenvalue weighted by Gasteiger charge is 2.09. The Morgan fingerprint density at radius 1 is 1.50 bits per heavy atom. The van der Waals surface area contributed by atoms with Crippen LogP contribution in [0.4, 0.5) is 10.1 Å². The maximum Gasteiger partial charge on any atom is 0.226 e. The van der Waals surface area contributed by atoms with E-state index < -0.39 is 5.82 Å². The Balaban J connectivity index is 2.77. The number of carbonyl (C=O) groups excluding carboxylic acids is 1. The summed E-state index contributed by atoms with van der Waals surface area (Å²) in [6, 6.07) is 4.38. The van der Waals surface area contributed by atoms with Gasteiger partial charge >= 0.3 is 0 Å². The van der Waals surface area contributed by atoms with E-state index >= 15 is 0 Å². The summed E-state index contributed by atoms with van der Waals surface area (Å²) >= 11 is 0. The van der Waals surface area contributed by atoms with Gasteiger partial charge in [-0.3, -0.25) is 4.79 Å². The van der Waals surface area contributed by atoms with Gasteiger partial charge in [0.1, 0.15) is 0 Å². The van der Waals surface area contributed by atoms with Crippen molar-refractivity contribution < 1.29 is 13.9 Å². The van der Waals surface area contributed by atoms with Gasteiger partial charge in [0.15, 0.2) is 11.6 Å². The quantitative estimate of drug-likeness (QED) is 0.855. The highest BCUT2D eigenvalue weighted by molar-refractivity contribution is 5.92. The molecule has 0 heterocycles. The zero-order chi connectivity index (χ0) is 12.1. The van der Waals surface area contributed by atoms with E-state index in [1.165, 1.54) is 12.1 Å². The lowest BCUT2D eigenvalue weighted by molar-refractivity contribution is -0.118. The molecule has 4 heteroatoms. The minimum atomic E-state index is -0.469. The Morgan fingerprint density at radius 2 is 2.19 bits per heavy atom. The smallest absolute Gasteiger partial charge is 0.226 e. The van der Waals surface area contributed by atoms with E-state index in [4.69, 9.17) is 4.74 Å². The number of hydrogen-bond donors (Lipinski definition) is 1. The fourth-order valence-corrected chi connectivity index (χ4v) is 1.14. The first-order valence-electron chi connectivity index (χ1n) is 5.27. The van der Waals surface area contributed by atoms with Gasteiger partial charge in [0.2, 0.25) is 5.91 Å². The average molecular weight is 225 g/mol. The van der Waals surface area contributed by atoms with E-state index in [9.17, 15) is 9.18 Å². The van der Waals surface area contributed by atoms with E-state index in [0.29, 0.717) is 12.3 Å². The van der Waals surface area contributed by atoms with Gasteiger partial charge in [0.25, 0.3) is 0 Å². The topological polar surface area (TPSA) is 38.3 Å². The van der Waals surface area contributed by atoms with Gasteiger partial charge in [-0.1, -0.05) is 13.8 Å². The molecule has 1 N–H and O–H groups in total. The zero-order valence-electron chi connectivity index (χ0n) is 9.71. The molecule has 0 atom stereocenters. The van der Waals surface area contributed by atoms with Crippen molar-refractivity contribution >= 4 is 11.6 Å². The van der Waals surface area contributed by atoms with Gasteiger partial charge in [-0.25, -0.2) is 4.39 Å². The van der Waals surface area contributed by atoms with Crippen LogP contribution in [0.2, 0.25) is 0 Å². The number of carbonyl (C=O) groups is 1. The number of amides is 1. The predicted octanol–water partition coefficient (Wildman–Crippen LogP) is 2.82. The molecular weight excluding hydrogens is 209 g/mol. The first-order chi connectivity index (χ1) is 7.54. The van der Waals surface area contributed by atoms with Crippen LogP contribution in [0.5, 0.6) is 5.75 Å². The van der Waals surface area contributed by atoms with Crippen LogP contribution in [0.3, 0.4) is 0 Å². The van der Waals surface area contributed by atoms with E-state index in [0.717, 1.165) is 0 Å². The second-order valence-electron chi connectivity index (χ2n) is 3.72. The Hall–Kier alpha value is -1.58. The van der Waals surface area contributed by atoms with Crippen molar-refractivity contribution in [1.29, 1.82) is 0 Å². The summed E-state index contributed by atoms with van der Waals surface area (Å²) in [5.41, 5.74) is 0.444. The second kappa shape index (κ2) is 5.49. The van der Waals surface area contributed by atoms with Crippen LogP contribution in [-0.2, 0) is 4.79 Å². The maximum atomic E-state index is 13.4. The molecule has 0 saturated heterocycles. The fourth-order valence-electron chi connectivity index (χ4n) is 1.14. The van der Waals surface area contributed by atoms with Gasteiger partial charge in [-0.2, -0.15) is 0 Å². The Kier molecular flexibility index (Phi) is 4.28. The van der Waals surface area contributed by atoms with E-state index in [1.54, 1.807) is 26.8 Å². The molecule has 3 nitrogen and oxygen atoms in total. The molecule has 0 bridgehead atoms. The van der Waals surface area contributed by atoms with Crippen LogP contribution >= 0.6 is 0 Å².